The molecule has 0 bridgehead atoms. The molecule has 0 saturated heterocycles. The third-order valence-corrected chi connectivity index (χ3v) is 3.44. The van der Waals surface area contributed by atoms with Crippen LogP contribution in [0.3, 0.4) is 0 Å². The Morgan fingerprint density at radius 2 is 2.10 bits per heavy atom. The molecule has 3 nitrogen and oxygen atoms in total. The molecule has 0 heterocycles. The lowest BCUT2D eigenvalue weighted by molar-refractivity contribution is -0.114. The number of hydrogen-bond acceptors (Lipinski definition) is 2. The second-order valence-electron chi connectivity index (χ2n) is 4.16. The molecule has 7 heteroatoms. The van der Waals surface area contributed by atoms with Crippen molar-refractivity contribution in [2.75, 3.05) is 5.32 Å². The number of halogens is 4. The van der Waals surface area contributed by atoms with E-state index in [2.05, 4.69) is 5.32 Å². The number of primary amides is 1. The lowest BCUT2D eigenvalue weighted by atomic mass is 10.00. The van der Waals surface area contributed by atoms with Crippen LogP contribution in [-0.2, 0) is 4.79 Å². The summed E-state index contributed by atoms with van der Waals surface area (Å²) in [5.41, 5.74) is 4.45. The highest BCUT2D eigenvalue weighted by Crippen LogP contribution is 2.30. The Hall–Kier alpha value is -1.51. The van der Waals surface area contributed by atoms with Crippen LogP contribution in [0.5, 0.6) is 0 Å². The zero-order valence-corrected chi connectivity index (χ0v) is 12.2. The van der Waals surface area contributed by atoms with Crippen LogP contribution in [0.15, 0.2) is 41.4 Å². The highest BCUT2D eigenvalue weighted by atomic mass is 127. The van der Waals surface area contributed by atoms with Crippen LogP contribution >= 0.6 is 22.6 Å². The van der Waals surface area contributed by atoms with Gasteiger partial charge in [0.05, 0.1) is 17.0 Å². The Labute approximate surface area is 126 Å². The average molecular weight is 394 g/mol. The van der Waals surface area contributed by atoms with Crippen molar-refractivity contribution in [1.82, 2.24) is 0 Å². The molecule has 20 heavy (non-hydrogen) atoms. The molecule has 1 aromatic carbocycles. The van der Waals surface area contributed by atoms with Crippen molar-refractivity contribution in [2.45, 2.75) is 12.6 Å². The van der Waals surface area contributed by atoms with Crippen molar-refractivity contribution >= 4 is 34.2 Å². The Kier molecular flexibility index (Phi) is 4.36. The molecular formula is C13H10F3IN2O. The molecule has 1 atom stereocenters. The number of rotatable bonds is 3. The van der Waals surface area contributed by atoms with Gasteiger partial charge in [0.25, 0.3) is 5.91 Å². The van der Waals surface area contributed by atoms with Crippen LogP contribution in [0, 0.1) is 9.39 Å². The van der Waals surface area contributed by atoms with E-state index in [1.54, 1.807) is 6.07 Å². The van der Waals surface area contributed by atoms with Crippen LogP contribution in [-0.4, -0.2) is 12.1 Å². The van der Waals surface area contributed by atoms with Crippen molar-refractivity contribution < 1.29 is 18.0 Å². The van der Waals surface area contributed by atoms with Gasteiger partial charge in [-0.1, -0.05) is 6.08 Å². The summed E-state index contributed by atoms with van der Waals surface area (Å²) in [5, 5.41) is 2.41. The van der Waals surface area contributed by atoms with Crippen LogP contribution in [0.1, 0.15) is 6.42 Å². The molecule has 3 N–H and O–H groups in total. The maximum atomic E-state index is 13.8. The van der Waals surface area contributed by atoms with Gasteiger partial charge in [0, 0.05) is 9.99 Å². The SMILES string of the molecule is NC(=O)C1=CCC(F)C(F)=C1Nc1ccc(I)cc1F. The summed E-state index contributed by atoms with van der Waals surface area (Å²) in [6.45, 7) is 0. The lowest BCUT2D eigenvalue weighted by Crippen LogP contribution is -2.24. The first kappa shape index (κ1) is 14.9. The van der Waals surface area contributed by atoms with Gasteiger partial charge in [0.1, 0.15) is 5.82 Å². The number of hydrogen-bond donors (Lipinski definition) is 2. The van der Waals surface area contributed by atoms with Crippen molar-refractivity contribution in [1.29, 1.82) is 0 Å². The van der Waals surface area contributed by atoms with Gasteiger partial charge in [-0.3, -0.25) is 4.79 Å². The van der Waals surface area contributed by atoms with Gasteiger partial charge in [-0.15, -0.1) is 0 Å². The molecule has 2 rings (SSSR count). The van der Waals surface area contributed by atoms with E-state index in [4.69, 9.17) is 5.73 Å². The summed E-state index contributed by atoms with van der Waals surface area (Å²) in [6.07, 6.45) is -0.944. The molecule has 0 spiro atoms. The lowest BCUT2D eigenvalue weighted by Gasteiger charge is -2.20. The average Bonchev–Trinajstić information content (AvgIpc) is 2.37. The first-order chi connectivity index (χ1) is 9.40. The summed E-state index contributed by atoms with van der Waals surface area (Å²) < 4.78 is 41.6. The van der Waals surface area contributed by atoms with Crippen molar-refractivity contribution in [2.24, 2.45) is 5.73 Å². The summed E-state index contributed by atoms with van der Waals surface area (Å²) >= 11 is 1.92. The maximum absolute atomic E-state index is 13.8. The number of amides is 1. The molecule has 1 amide bonds. The van der Waals surface area contributed by atoms with Crippen molar-refractivity contribution in [3.63, 3.8) is 0 Å². The number of nitrogens with two attached hydrogens (primary N) is 1. The van der Waals surface area contributed by atoms with E-state index < -0.39 is 29.4 Å². The Bertz CT molecular complexity index is 628. The number of carbonyl (C=O) groups is 1. The summed E-state index contributed by atoms with van der Waals surface area (Å²) in [4.78, 5) is 11.2. The first-order valence-corrected chi connectivity index (χ1v) is 6.74. The van der Waals surface area contributed by atoms with Crippen molar-refractivity contribution in [3.05, 3.63) is 50.8 Å². The molecular weight excluding hydrogens is 384 g/mol. The fourth-order valence-corrected chi connectivity index (χ4v) is 2.24. The van der Waals surface area contributed by atoms with E-state index in [9.17, 15) is 18.0 Å². The molecule has 0 aromatic heterocycles. The Morgan fingerprint density at radius 3 is 2.70 bits per heavy atom. The number of carbonyl (C=O) groups excluding carboxylic acids is 1. The summed E-state index contributed by atoms with van der Waals surface area (Å²) in [7, 11) is 0. The second-order valence-corrected chi connectivity index (χ2v) is 5.40. The standard InChI is InChI=1S/C13H10F3IN2O/c14-8-3-2-7(13(18)20)12(11(8)16)19-10-4-1-6(17)5-9(10)15/h1-2,4-5,8,19H,3H2,(H2,18,20). The Balaban J connectivity index is 2.40. The topological polar surface area (TPSA) is 55.1 Å². The number of allylic oxidation sites excluding steroid dienone is 2. The minimum Gasteiger partial charge on any atom is -0.366 e. The molecule has 0 radical (unpaired) electrons. The quantitative estimate of drug-likeness (QED) is 0.774. The summed E-state index contributed by atoms with van der Waals surface area (Å²) in [6, 6.07) is 4.19. The fraction of sp³-hybridized carbons (Fsp3) is 0.154. The zero-order valence-electron chi connectivity index (χ0n) is 10.1. The van der Waals surface area contributed by atoms with Crippen molar-refractivity contribution in [3.8, 4) is 0 Å². The molecule has 0 saturated carbocycles. The second kappa shape index (κ2) is 5.86. The predicted octanol–water partition coefficient (Wildman–Crippen LogP) is 3.18. The van der Waals surface area contributed by atoms with E-state index >= 15 is 0 Å². The first-order valence-electron chi connectivity index (χ1n) is 5.66. The van der Waals surface area contributed by atoms with E-state index in [0.29, 0.717) is 3.57 Å². The number of alkyl halides is 1. The van der Waals surface area contributed by atoms with Gasteiger partial charge in [0.2, 0.25) is 0 Å². The molecule has 106 valence electrons. The zero-order chi connectivity index (χ0) is 14.9. The van der Waals surface area contributed by atoms with Gasteiger partial charge >= 0.3 is 0 Å². The van der Waals surface area contributed by atoms with Crippen LogP contribution in [0.25, 0.3) is 0 Å². The predicted molar refractivity (Wildman–Crippen MR) is 77.7 cm³/mol. The van der Waals surface area contributed by atoms with Gasteiger partial charge < -0.3 is 11.1 Å². The minimum atomic E-state index is -1.87. The third kappa shape index (κ3) is 2.97. The number of nitrogens with one attached hydrogen (secondary N) is 1. The number of benzene rings is 1. The van der Waals surface area contributed by atoms with E-state index in [-0.39, 0.29) is 17.7 Å². The molecule has 1 aromatic rings. The smallest absolute Gasteiger partial charge is 0.250 e. The highest BCUT2D eigenvalue weighted by Gasteiger charge is 2.28. The highest BCUT2D eigenvalue weighted by molar-refractivity contribution is 14.1. The molecule has 1 unspecified atom stereocenters. The normalized spacial score (nSPS) is 18.8. The maximum Gasteiger partial charge on any atom is 0.250 e. The number of anilines is 1. The van der Waals surface area contributed by atoms with Crippen LogP contribution in [0.4, 0.5) is 18.9 Å². The Morgan fingerprint density at radius 1 is 1.40 bits per heavy atom. The van der Waals surface area contributed by atoms with Crippen LogP contribution in [0.2, 0.25) is 0 Å². The monoisotopic (exact) mass is 394 g/mol. The molecule has 1 aliphatic carbocycles. The largest absolute Gasteiger partial charge is 0.366 e. The van der Waals surface area contributed by atoms with Gasteiger partial charge in [-0.05, 0) is 40.8 Å². The summed E-state index contributed by atoms with van der Waals surface area (Å²) in [5.74, 6) is -2.69. The third-order valence-electron chi connectivity index (χ3n) is 2.77. The molecule has 0 aliphatic heterocycles. The minimum absolute atomic E-state index is 0.0585. The molecule has 0 fully saturated rings. The van der Waals surface area contributed by atoms with E-state index in [1.807, 2.05) is 22.6 Å². The van der Waals surface area contributed by atoms with Crippen LogP contribution < -0.4 is 11.1 Å². The van der Waals surface area contributed by atoms with Gasteiger partial charge in [0.15, 0.2) is 12.0 Å². The van der Waals surface area contributed by atoms with Gasteiger partial charge in [-0.2, -0.15) is 0 Å². The molecule has 1 aliphatic rings. The fourth-order valence-electron chi connectivity index (χ4n) is 1.79. The van der Waals surface area contributed by atoms with E-state index in [1.165, 1.54) is 18.2 Å². The van der Waals surface area contributed by atoms with Gasteiger partial charge in [-0.25, -0.2) is 13.2 Å². The van der Waals surface area contributed by atoms with E-state index in [0.717, 1.165) is 0 Å².